The molecule has 6 heteroatoms. The molecule has 3 atom stereocenters. The lowest BCUT2D eigenvalue weighted by molar-refractivity contribution is -0.122. The number of carbonyl (C=O) groups is 2. The summed E-state index contributed by atoms with van der Waals surface area (Å²) in [6.07, 6.45) is 6.87. The highest BCUT2D eigenvalue weighted by molar-refractivity contribution is 5.95. The van der Waals surface area contributed by atoms with Crippen LogP contribution in [0.5, 0.6) is 0 Å². The van der Waals surface area contributed by atoms with Gasteiger partial charge in [-0.1, -0.05) is 6.07 Å². The van der Waals surface area contributed by atoms with Gasteiger partial charge in [-0.15, -0.1) is 0 Å². The number of anilines is 1. The van der Waals surface area contributed by atoms with E-state index in [1.165, 1.54) is 0 Å². The third kappa shape index (κ3) is 4.48. The van der Waals surface area contributed by atoms with Crippen LogP contribution in [-0.2, 0) is 11.2 Å². The van der Waals surface area contributed by atoms with Crippen molar-refractivity contribution in [2.24, 2.45) is 11.8 Å². The molecule has 1 unspecified atom stereocenters. The number of pyridine rings is 1. The Morgan fingerprint density at radius 1 is 1.10 bits per heavy atom. The summed E-state index contributed by atoms with van der Waals surface area (Å²) >= 11 is 0. The fourth-order valence-corrected chi connectivity index (χ4v) is 4.79. The maximum absolute atomic E-state index is 13.1. The number of hydrogen-bond donors (Lipinski definition) is 1. The third-order valence-corrected chi connectivity index (χ3v) is 6.45. The number of benzene rings is 1. The molecule has 6 nitrogen and oxygen atoms in total. The molecule has 0 radical (unpaired) electrons. The summed E-state index contributed by atoms with van der Waals surface area (Å²) in [6.45, 7) is 1.44. The van der Waals surface area contributed by atoms with Gasteiger partial charge in [-0.2, -0.15) is 0 Å². The van der Waals surface area contributed by atoms with Crippen LogP contribution < -0.4 is 10.2 Å². The summed E-state index contributed by atoms with van der Waals surface area (Å²) in [5.41, 5.74) is 2.89. The zero-order valence-corrected chi connectivity index (χ0v) is 17.8. The molecule has 2 aromatic rings. The van der Waals surface area contributed by atoms with Crippen molar-refractivity contribution in [3.05, 3.63) is 59.9 Å². The predicted molar refractivity (Wildman–Crippen MR) is 117 cm³/mol. The number of rotatable bonds is 6. The van der Waals surface area contributed by atoms with Crippen molar-refractivity contribution in [3.63, 3.8) is 0 Å². The number of fused-ring (bicyclic) bond motifs is 2. The minimum Gasteiger partial charge on any atom is -0.378 e. The van der Waals surface area contributed by atoms with Crippen LogP contribution in [0.25, 0.3) is 0 Å². The number of amides is 2. The normalized spacial score (nSPS) is 22.6. The molecule has 1 saturated heterocycles. The standard InChI is InChI=1S/C24H30N4O2/c1-27(2)21-5-3-4-18(14-21)24(30)28-15-19-7-8-20(16-28)23(19)26-22(29)9-6-17-10-12-25-13-11-17/h3-5,10-14,19-20,23H,6-9,15-16H2,1-2H3,(H,26,29)/t19-,20+,23?. The fourth-order valence-electron chi connectivity index (χ4n) is 4.79. The molecule has 2 fully saturated rings. The van der Waals surface area contributed by atoms with Gasteiger partial charge in [0.2, 0.25) is 5.91 Å². The Bertz CT molecular complexity index is 885. The van der Waals surface area contributed by atoms with E-state index >= 15 is 0 Å². The summed E-state index contributed by atoms with van der Waals surface area (Å²) in [5, 5.41) is 3.28. The predicted octanol–water partition coefficient (Wildman–Crippen LogP) is 2.75. The van der Waals surface area contributed by atoms with Crippen LogP contribution in [-0.4, -0.2) is 54.9 Å². The SMILES string of the molecule is CN(C)c1cccc(C(=O)N2C[C@H]3CC[C@@H](C2)C3NC(=O)CCc2ccncc2)c1. The van der Waals surface area contributed by atoms with Crippen molar-refractivity contribution >= 4 is 17.5 Å². The van der Waals surface area contributed by atoms with Crippen LogP contribution in [0.4, 0.5) is 5.69 Å². The number of piperidine rings is 1. The van der Waals surface area contributed by atoms with Gasteiger partial charge in [-0.25, -0.2) is 0 Å². The number of aromatic nitrogens is 1. The first-order chi connectivity index (χ1) is 14.5. The van der Waals surface area contributed by atoms with Crippen molar-refractivity contribution in [1.29, 1.82) is 0 Å². The lowest BCUT2D eigenvalue weighted by atomic mass is 9.91. The van der Waals surface area contributed by atoms with E-state index in [1.54, 1.807) is 12.4 Å². The van der Waals surface area contributed by atoms with E-state index in [2.05, 4.69) is 10.3 Å². The molecule has 0 spiro atoms. The molecule has 1 aromatic heterocycles. The Labute approximate surface area is 178 Å². The minimum atomic E-state index is 0.0954. The van der Waals surface area contributed by atoms with Gasteiger partial charge >= 0.3 is 0 Å². The van der Waals surface area contributed by atoms with Crippen molar-refractivity contribution in [1.82, 2.24) is 15.2 Å². The van der Waals surface area contributed by atoms with E-state index in [9.17, 15) is 9.59 Å². The van der Waals surface area contributed by atoms with Gasteiger partial charge in [0.05, 0.1) is 0 Å². The van der Waals surface area contributed by atoms with Crippen LogP contribution in [0, 0.1) is 11.8 Å². The van der Waals surface area contributed by atoms with Gasteiger partial charge < -0.3 is 15.1 Å². The summed E-state index contributed by atoms with van der Waals surface area (Å²) in [4.78, 5) is 33.6. The number of likely N-dealkylation sites (tertiary alicyclic amines) is 1. The molecule has 1 aliphatic heterocycles. The van der Waals surface area contributed by atoms with Crippen LogP contribution in [0.2, 0.25) is 0 Å². The van der Waals surface area contributed by atoms with Crippen molar-refractivity contribution in [3.8, 4) is 0 Å². The van der Waals surface area contributed by atoms with Gasteiger partial charge in [0.25, 0.3) is 5.91 Å². The van der Waals surface area contributed by atoms with Gasteiger partial charge in [0.1, 0.15) is 0 Å². The second-order valence-corrected chi connectivity index (χ2v) is 8.70. The third-order valence-electron chi connectivity index (χ3n) is 6.45. The van der Waals surface area contributed by atoms with Gasteiger partial charge in [0.15, 0.2) is 0 Å². The monoisotopic (exact) mass is 406 g/mol. The second-order valence-electron chi connectivity index (χ2n) is 8.70. The topological polar surface area (TPSA) is 65.5 Å². The molecule has 2 amide bonds. The summed E-state index contributed by atoms with van der Waals surface area (Å²) in [7, 11) is 3.96. The van der Waals surface area contributed by atoms with Crippen LogP contribution >= 0.6 is 0 Å². The maximum Gasteiger partial charge on any atom is 0.253 e. The van der Waals surface area contributed by atoms with Crippen LogP contribution in [0.1, 0.15) is 35.2 Å². The Morgan fingerprint density at radius 2 is 1.80 bits per heavy atom. The molecule has 158 valence electrons. The van der Waals surface area contributed by atoms with E-state index in [0.29, 0.717) is 18.3 Å². The fraction of sp³-hybridized carbons (Fsp3) is 0.458. The van der Waals surface area contributed by atoms with Crippen molar-refractivity contribution in [2.45, 2.75) is 31.7 Å². The molecule has 2 heterocycles. The van der Waals surface area contributed by atoms with Crippen LogP contribution in [0.3, 0.4) is 0 Å². The number of nitrogens with one attached hydrogen (secondary N) is 1. The molecular formula is C24H30N4O2. The van der Waals surface area contributed by atoms with E-state index in [-0.39, 0.29) is 17.9 Å². The number of nitrogens with zero attached hydrogens (tertiary/aromatic N) is 3. The lowest BCUT2D eigenvalue weighted by Crippen LogP contribution is -2.54. The van der Waals surface area contributed by atoms with E-state index in [4.69, 9.17) is 0 Å². The van der Waals surface area contributed by atoms with Gasteiger partial charge in [0, 0.05) is 63.3 Å². The van der Waals surface area contributed by atoms with E-state index < -0.39 is 0 Å². The molecule has 1 N–H and O–H groups in total. The molecular weight excluding hydrogens is 376 g/mol. The summed E-state index contributed by atoms with van der Waals surface area (Å²) in [6, 6.07) is 11.9. The molecule has 30 heavy (non-hydrogen) atoms. The Balaban J connectivity index is 1.34. The lowest BCUT2D eigenvalue weighted by Gasteiger charge is -2.38. The van der Waals surface area contributed by atoms with Crippen molar-refractivity contribution in [2.75, 3.05) is 32.1 Å². The summed E-state index contributed by atoms with van der Waals surface area (Å²) < 4.78 is 0. The number of aryl methyl sites for hydroxylation is 1. The van der Waals surface area contributed by atoms with E-state index in [0.717, 1.165) is 49.2 Å². The highest BCUT2D eigenvalue weighted by Crippen LogP contribution is 2.37. The average molecular weight is 407 g/mol. The van der Waals surface area contributed by atoms with Gasteiger partial charge in [-0.05, 0) is 67.0 Å². The smallest absolute Gasteiger partial charge is 0.253 e. The molecule has 2 bridgehead atoms. The van der Waals surface area contributed by atoms with Gasteiger partial charge in [-0.3, -0.25) is 14.6 Å². The Hall–Kier alpha value is -2.89. The first kappa shape index (κ1) is 20.4. The van der Waals surface area contributed by atoms with Crippen LogP contribution in [0.15, 0.2) is 48.8 Å². The molecule has 1 saturated carbocycles. The molecule has 2 aliphatic rings. The summed E-state index contributed by atoms with van der Waals surface area (Å²) in [5.74, 6) is 0.884. The minimum absolute atomic E-state index is 0.0954. The quantitative estimate of drug-likeness (QED) is 0.801. The Morgan fingerprint density at radius 3 is 2.47 bits per heavy atom. The van der Waals surface area contributed by atoms with Crippen molar-refractivity contribution < 1.29 is 9.59 Å². The van der Waals surface area contributed by atoms with E-state index in [1.807, 2.05) is 60.3 Å². The largest absolute Gasteiger partial charge is 0.378 e. The number of hydrogen-bond acceptors (Lipinski definition) is 4. The zero-order chi connectivity index (χ0) is 21.1. The second kappa shape index (κ2) is 8.86. The zero-order valence-electron chi connectivity index (χ0n) is 17.8. The number of carbonyl (C=O) groups excluding carboxylic acids is 2. The molecule has 1 aromatic carbocycles. The highest BCUT2D eigenvalue weighted by atomic mass is 16.2. The molecule has 4 rings (SSSR count). The molecule has 1 aliphatic carbocycles. The first-order valence-corrected chi connectivity index (χ1v) is 10.8. The Kier molecular flexibility index (Phi) is 6.02. The maximum atomic E-state index is 13.1. The average Bonchev–Trinajstić information content (AvgIpc) is 2.98. The first-order valence-electron chi connectivity index (χ1n) is 10.8. The highest BCUT2D eigenvalue weighted by Gasteiger charge is 2.44.